The molecule has 0 saturated carbocycles. The molecule has 2 fully saturated rings. The summed E-state index contributed by atoms with van der Waals surface area (Å²) in [6.07, 6.45) is 3.51. The summed E-state index contributed by atoms with van der Waals surface area (Å²) in [5, 5.41) is 3.42. The van der Waals surface area contributed by atoms with Gasteiger partial charge in [0.2, 0.25) is 0 Å². The van der Waals surface area contributed by atoms with Gasteiger partial charge in [-0.15, -0.1) is 0 Å². The largest absolute Gasteiger partial charge is 0.307 e. The smallest absolute Gasteiger partial charge is 0.0457 e. The van der Waals surface area contributed by atoms with E-state index in [-0.39, 0.29) is 0 Å². The van der Waals surface area contributed by atoms with Crippen molar-refractivity contribution in [1.82, 2.24) is 9.62 Å². The molecule has 0 radical (unpaired) electrons. The molecule has 3 heteroatoms. The fraction of sp³-hybridized carbons (Fsp3) is 1.00. The van der Waals surface area contributed by atoms with E-state index in [0.717, 1.165) is 0 Å². The van der Waals surface area contributed by atoms with Crippen LogP contribution in [-0.4, -0.2) is 35.7 Å². The Balaban J connectivity index is 1.93. The van der Waals surface area contributed by atoms with Crippen molar-refractivity contribution >= 4 is 11.9 Å². The van der Waals surface area contributed by atoms with Gasteiger partial charge in [0.1, 0.15) is 0 Å². The number of nitrogens with one attached hydrogen (secondary N) is 1. The normalized spacial score (nSPS) is 42.3. The van der Waals surface area contributed by atoms with Crippen molar-refractivity contribution in [3.8, 4) is 0 Å². The van der Waals surface area contributed by atoms with Gasteiger partial charge in [-0.2, -0.15) is 0 Å². The van der Waals surface area contributed by atoms with Crippen molar-refractivity contribution in [3.63, 3.8) is 0 Å². The lowest BCUT2D eigenvalue weighted by Gasteiger charge is -2.08. The van der Waals surface area contributed by atoms with Crippen molar-refractivity contribution in [2.75, 3.05) is 25.9 Å². The summed E-state index contributed by atoms with van der Waals surface area (Å²) in [6.45, 7) is 3.78. The van der Waals surface area contributed by atoms with Crippen LogP contribution in [0.15, 0.2) is 0 Å². The predicted molar refractivity (Wildman–Crippen MR) is 40.4 cm³/mol. The summed E-state index contributed by atoms with van der Waals surface area (Å²) in [6, 6.07) is 0. The fourth-order valence-electron chi connectivity index (χ4n) is 1.40. The Morgan fingerprint density at radius 2 is 2.44 bits per heavy atom. The Bertz CT molecular complexity index is 122. The molecule has 2 heterocycles. The van der Waals surface area contributed by atoms with Gasteiger partial charge < -0.3 is 5.32 Å². The Hall–Kier alpha value is 0.270. The maximum absolute atomic E-state index is 3.42. The van der Waals surface area contributed by atoms with Crippen LogP contribution in [0.5, 0.6) is 0 Å². The lowest BCUT2D eigenvalue weighted by Crippen LogP contribution is -2.19. The molecule has 2 aliphatic heterocycles. The molecule has 2 nitrogen and oxygen atoms in total. The molecule has 0 bridgehead atoms. The topological polar surface area (TPSA) is 25.2 Å². The van der Waals surface area contributed by atoms with Crippen LogP contribution in [0.25, 0.3) is 0 Å². The molecule has 2 saturated heterocycles. The van der Waals surface area contributed by atoms with Gasteiger partial charge in [-0.1, -0.05) is 11.9 Å². The molecular formula is C6H12N2S. The first-order valence-electron chi connectivity index (χ1n) is 3.39. The van der Waals surface area contributed by atoms with Gasteiger partial charge in [-0.05, 0) is 12.7 Å². The molecule has 0 amide bonds. The maximum Gasteiger partial charge on any atom is 0.0457 e. The molecule has 2 aliphatic rings. The van der Waals surface area contributed by atoms with Crippen molar-refractivity contribution in [3.05, 3.63) is 0 Å². The maximum atomic E-state index is 3.42. The van der Waals surface area contributed by atoms with E-state index in [1.807, 2.05) is 11.9 Å². The van der Waals surface area contributed by atoms with Gasteiger partial charge in [-0.3, -0.25) is 0 Å². The monoisotopic (exact) mass is 144 g/mol. The highest BCUT2D eigenvalue weighted by molar-refractivity contribution is 7.96. The first-order valence-corrected chi connectivity index (χ1v) is 4.57. The summed E-state index contributed by atoms with van der Waals surface area (Å²) >= 11 is 1.87. The zero-order valence-corrected chi connectivity index (χ0v) is 6.50. The molecule has 0 aliphatic carbocycles. The number of nitrogens with zero attached hydrogens (tertiary/aromatic N) is 1. The summed E-state index contributed by atoms with van der Waals surface area (Å²) in [4.78, 5) is 0. The van der Waals surface area contributed by atoms with Gasteiger partial charge in [0.15, 0.2) is 0 Å². The van der Waals surface area contributed by atoms with Gasteiger partial charge in [0, 0.05) is 25.2 Å². The molecule has 52 valence electrons. The van der Waals surface area contributed by atoms with E-state index >= 15 is 0 Å². The molecule has 1 N–H and O–H groups in total. The molecule has 1 atom stereocenters. The van der Waals surface area contributed by atoms with E-state index in [4.69, 9.17) is 0 Å². The van der Waals surface area contributed by atoms with Gasteiger partial charge >= 0.3 is 0 Å². The van der Waals surface area contributed by atoms with Crippen LogP contribution < -0.4 is 5.32 Å². The van der Waals surface area contributed by atoms with Crippen LogP contribution in [0.1, 0.15) is 6.42 Å². The van der Waals surface area contributed by atoms with Crippen molar-refractivity contribution < 1.29 is 0 Å². The van der Waals surface area contributed by atoms with Crippen molar-refractivity contribution in [1.29, 1.82) is 0 Å². The highest BCUT2D eigenvalue weighted by Gasteiger charge is 2.47. The van der Waals surface area contributed by atoms with Gasteiger partial charge in [0.05, 0.1) is 0 Å². The Morgan fingerprint density at radius 3 is 2.78 bits per heavy atom. The second-order valence-corrected chi connectivity index (χ2v) is 3.81. The van der Waals surface area contributed by atoms with Crippen LogP contribution in [0.3, 0.4) is 0 Å². The van der Waals surface area contributed by atoms with E-state index in [1.54, 1.807) is 0 Å². The Labute approximate surface area is 60.1 Å². The third-order valence-corrected chi connectivity index (χ3v) is 3.08. The summed E-state index contributed by atoms with van der Waals surface area (Å²) in [7, 11) is 0. The molecule has 9 heavy (non-hydrogen) atoms. The van der Waals surface area contributed by atoms with E-state index in [2.05, 4.69) is 15.9 Å². The number of hydrogen-bond acceptors (Lipinski definition) is 3. The van der Waals surface area contributed by atoms with E-state index in [9.17, 15) is 0 Å². The number of rotatable bonds is 1. The lowest BCUT2D eigenvalue weighted by atomic mass is 10.1. The molecule has 2 rings (SSSR count). The highest BCUT2D eigenvalue weighted by Crippen LogP contribution is 2.31. The van der Waals surface area contributed by atoms with Crippen LogP contribution in [0.2, 0.25) is 0 Å². The zero-order valence-electron chi connectivity index (χ0n) is 5.68. The second-order valence-electron chi connectivity index (χ2n) is 2.93. The SMILES string of the molecule is CSN1CCC2(CN2)C1. The van der Waals surface area contributed by atoms with Crippen molar-refractivity contribution in [2.45, 2.75) is 12.0 Å². The quantitative estimate of drug-likeness (QED) is 0.423. The van der Waals surface area contributed by atoms with Crippen LogP contribution in [0, 0.1) is 0 Å². The molecular weight excluding hydrogens is 132 g/mol. The van der Waals surface area contributed by atoms with Gasteiger partial charge in [0.25, 0.3) is 0 Å². The molecule has 1 spiro atoms. The van der Waals surface area contributed by atoms with Crippen molar-refractivity contribution in [2.24, 2.45) is 0 Å². The first-order chi connectivity index (χ1) is 4.35. The molecule has 0 aromatic heterocycles. The Kier molecular flexibility index (Phi) is 1.25. The minimum atomic E-state index is 0.572. The molecule has 0 aromatic rings. The summed E-state index contributed by atoms with van der Waals surface area (Å²) in [5.41, 5.74) is 0.572. The Morgan fingerprint density at radius 1 is 1.67 bits per heavy atom. The third-order valence-electron chi connectivity index (χ3n) is 2.25. The highest BCUT2D eigenvalue weighted by atomic mass is 32.2. The first kappa shape index (κ1) is 6.01. The average Bonchev–Trinajstić information content (AvgIpc) is 2.44. The van der Waals surface area contributed by atoms with E-state index in [0.29, 0.717) is 5.54 Å². The second kappa shape index (κ2) is 1.87. The lowest BCUT2D eigenvalue weighted by molar-refractivity contribution is 0.565. The summed E-state index contributed by atoms with van der Waals surface area (Å²) in [5.74, 6) is 0. The predicted octanol–water partition coefficient (Wildman–Crippen LogP) is 0.312. The minimum absolute atomic E-state index is 0.572. The van der Waals surface area contributed by atoms with Crippen LogP contribution >= 0.6 is 11.9 Å². The van der Waals surface area contributed by atoms with E-state index in [1.165, 1.54) is 26.1 Å². The van der Waals surface area contributed by atoms with Crippen LogP contribution in [0.4, 0.5) is 0 Å². The van der Waals surface area contributed by atoms with E-state index < -0.39 is 0 Å². The average molecular weight is 144 g/mol. The molecule has 0 aromatic carbocycles. The van der Waals surface area contributed by atoms with Crippen LogP contribution in [-0.2, 0) is 0 Å². The van der Waals surface area contributed by atoms with Gasteiger partial charge in [-0.25, -0.2) is 4.31 Å². The molecule has 1 unspecified atom stereocenters. The fourth-order valence-corrected chi connectivity index (χ4v) is 2.05. The number of hydrogen-bond donors (Lipinski definition) is 1. The summed E-state index contributed by atoms with van der Waals surface area (Å²) < 4.78 is 2.43. The third kappa shape index (κ3) is 0.974. The standard InChI is InChI=1S/C6H12N2S/c1-9-8-3-2-6(5-8)4-7-6/h7H,2-5H2,1H3. The zero-order chi connectivity index (χ0) is 6.32. The minimum Gasteiger partial charge on any atom is -0.307 e.